The molecule has 0 aliphatic carbocycles. The Kier molecular flexibility index (Phi) is 4.62. The van der Waals surface area contributed by atoms with Crippen LogP contribution in [0.3, 0.4) is 0 Å². The Morgan fingerprint density at radius 2 is 1.08 bits per heavy atom. The molecule has 26 heavy (non-hydrogen) atoms. The lowest BCUT2D eigenvalue weighted by molar-refractivity contribution is -0.138. The van der Waals surface area contributed by atoms with E-state index in [-0.39, 0.29) is 17.2 Å². The van der Waals surface area contributed by atoms with Crippen LogP contribution in [0, 0.1) is 0 Å². The number of nitrogen functional groups attached to an aromatic ring is 2. The number of hydrogen-bond donors (Lipinski definition) is 2. The van der Waals surface area contributed by atoms with Crippen molar-refractivity contribution in [3.8, 4) is 23.0 Å². The summed E-state index contributed by atoms with van der Waals surface area (Å²) in [4.78, 5) is 0. The van der Waals surface area contributed by atoms with Crippen LogP contribution in [0.15, 0.2) is 66.7 Å². The Morgan fingerprint density at radius 3 is 1.62 bits per heavy atom. The first kappa shape index (κ1) is 17.5. The average molecular weight is 360 g/mol. The molecule has 0 bridgehead atoms. The Balaban J connectivity index is 1.77. The van der Waals surface area contributed by atoms with Gasteiger partial charge in [-0.1, -0.05) is 0 Å². The van der Waals surface area contributed by atoms with Crippen molar-refractivity contribution in [2.75, 3.05) is 11.5 Å². The first-order valence-electron chi connectivity index (χ1n) is 7.59. The van der Waals surface area contributed by atoms with Gasteiger partial charge in [-0.15, -0.1) is 0 Å². The van der Waals surface area contributed by atoms with Crippen molar-refractivity contribution >= 4 is 11.4 Å². The van der Waals surface area contributed by atoms with E-state index in [0.717, 1.165) is 6.07 Å². The molecular formula is C19H15F3N2O2. The van der Waals surface area contributed by atoms with Gasteiger partial charge in [-0.25, -0.2) is 0 Å². The van der Waals surface area contributed by atoms with E-state index in [9.17, 15) is 13.2 Å². The van der Waals surface area contributed by atoms with E-state index in [1.165, 1.54) is 24.3 Å². The molecule has 4 nitrogen and oxygen atoms in total. The zero-order chi connectivity index (χ0) is 18.7. The topological polar surface area (TPSA) is 70.5 Å². The molecule has 3 aromatic rings. The Hall–Kier alpha value is -3.35. The Labute approximate surface area is 147 Å². The summed E-state index contributed by atoms with van der Waals surface area (Å²) < 4.78 is 50.3. The fourth-order valence-electron chi connectivity index (χ4n) is 2.23. The van der Waals surface area contributed by atoms with Crippen molar-refractivity contribution in [2.45, 2.75) is 6.18 Å². The van der Waals surface area contributed by atoms with Crippen molar-refractivity contribution in [1.82, 2.24) is 0 Å². The molecule has 0 aliphatic heterocycles. The number of nitrogens with two attached hydrogens (primary N) is 2. The Morgan fingerprint density at radius 1 is 0.615 bits per heavy atom. The lowest BCUT2D eigenvalue weighted by Gasteiger charge is -2.14. The minimum atomic E-state index is -4.57. The second kappa shape index (κ2) is 6.87. The molecule has 0 saturated carbocycles. The van der Waals surface area contributed by atoms with Crippen LogP contribution in [-0.4, -0.2) is 0 Å². The zero-order valence-electron chi connectivity index (χ0n) is 13.5. The van der Waals surface area contributed by atoms with Crippen molar-refractivity contribution in [3.63, 3.8) is 0 Å². The highest BCUT2D eigenvalue weighted by Crippen LogP contribution is 2.39. The van der Waals surface area contributed by atoms with Crippen LogP contribution in [-0.2, 0) is 6.18 Å². The van der Waals surface area contributed by atoms with Gasteiger partial charge in [-0.2, -0.15) is 13.2 Å². The summed E-state index contributed by atoms with van der Waals surface area (Å²) in [6.07, 6.45) is -4.57. The maximum Gasteiger partial charge on any atom is 0.420 e. The largest absolute Gasteiger partial charge is 0.457 e. The molecule has 4 N–H and O–H groups in total. The zero-order valence-corrected chi connectivity index (χ0v) is 13.5. The smallest absolute Gasteiger partial charge is 0.420 e. The van der Waals surface area contributed by atoms with Crippen LogP contribution >= 0.6 is 0 Å². The summed E-state index contributed by atoms with van der Waals surface area (Å²) in [5, 5.41) is 0. The summed E-state index contributed by atoms with van der Waals surface area (Å²) in [6, 6.07) is 16.4. The summed E-state index contributed by atoms with van der Waals surface area (Å²) in [6.45, 7) is 0. The van der Waals surface area contributed by atoms with Crippen LogP contribution in [0.5, 0.6) is 23.0 Å². The number of halogens is 3. The van der Waals surface area contributed by atoms with E-state index in [4.69, 9.17) is 20.9 Å². The molecule has 3 aromatic carbocycles. The number of benzene rings is 3. The van der Waals surface area contributed by atoms with Crippen LogP contribution in [0.4, 0.5) is 24.5 Å². The van der Waals surface area contributed by atoms with E-state index in [2.05, 4.69) is 0 Å². The van der Waals surface area contributed by atoms with Crippen molar-refractivity contribution in [3.05, 3.63) is 72.3 Å². The molecule has 0 spiro atoms. The molecule has 0 aliphatic rings. The predicted octanol–water partition coefficient (Wildman–Crippen LogP) is 5.45. The normalized spacial score (nSPS) is 11.2. The maximum absolute atomic E-state index is 13.1. The molecule has 0 unspecified atom stereocenters. The third-order valence-corrected chi connectivity index (χ3v) is 3.48. The number of rotatable bonds is 4. The van der Waals surface area contributed by atoms with E-state index in [0.29, 0.717) is 17.2 Å². The summed E-state index contributed by atoms with van der Waals surface area (Å²) >= 11 is 0. The highest BCUT2D eigenvalue weighted by Gasteiger charge is 2.34. The molecule has 7 heteroatoms. The highest BCUT2D eigenvalue weighted by molar-refractivity contribution is 5.50. The maximum atomic E-state index is 13.1. The lowest BCUT2D eigenvalue weighted by Crippen LogP contribution is -2.08. The molecule has 0 fully saturated rings. The minimum absolute atomic E-state index is 0.0110. The first-order valence-corrected chi connectivity index (χ1v) is 7.59. The molecule has 0 saturated heterocycles. The molecule has 0 radical (unpaired) electrons. The van der Waals surface area contributed by atoms with E-state index in [1.54, 1.807) is 36.4 Å². The SMILES string of the molecule is Nc1ccc(Oc2ccc(Oc3ccc(N)cc3C(F)(F)F)cc2)cc1. The van der Waals surface area contributed by atoms with Gasteiger partial charge in [0.15, 0.2) is 0 Å². The number of anilines is 2. The Bertz CT molecular complexity index is 892. The molecular weight excluding hydrogens is 345 g/mol. The third-order valence-electron chi connectivity index (χ3n) is 3.48. The van der Waals surface area contributed by atoms with Gasteiger partial charge in [0.2, 0.25) is 0 Å². The standard InChI is InChI=1S/C19H15F3N2O2/c20-19(21,22)17-11-13(24)3-10-18(17)26-16-8-6-15(7-9-16)25-14-4-1-12(23)2-5-14/h1-11H,23-24H2. The molecule has 0 atom stereocenters. The van der Waals surface area contributed by atoms with Crippen molar-refractivity contribution in [1.29, 1.82) is 0 Å². The first-order chi connectivity index (χ1) is 12.3. The van der Waals surface area contributed by atoms with Crippen molar-refractivity contribution in [2.24, 2.45) is 0 Å². The number of ether oxygens (including phenoxy) is 2. The van der Waals surface area contributed by atoms with Crippen LogP contribution in [0.2, 0.25) is 0 Å². The molecule has 0 aromatic heterocycles. The molecule has 134 valence electrons. The van der Waals surface area contributed by atoms with Gasteiger partial charge in [-0.05, 0) is 66.7 Å². The summed E-state index contributed by atoms with van der Waals surface area (Å²) in [5.74, 6) is 1.02. The lowest BCUT2D eigenvalue weighted by atomic mass is 10.1. The molecule has 3 rings (SSSR count). The van der Waals surface area contributed by atoms with Crippen LogP contribution in [0.25, 0.3) is 0 Å². The third kappa shape index (κ3) is 4.18. The van der Waals surface area contributed by atoms with Gasteiger partial charge in [-0.3, -0.25) is 0 Å². The second-order valence-electron chi connectivity index (χ2n) is 5.50. The minimum Gasteiger partial charge on any atom is -0.457 e. The van der Waals surface area contributed by atoms with E-state index < -0.39 is 11.7 Å². The van der Waals surface area contributed by atoms with E-state index in [1.807, 2.05) is 0 Å². The van der Waals surface area contributed by atoms with Gasteiger partial charge in [0.1, 0.15) is 28.6 Å². The van der Waals surface area contributed by atoms with Crippen molar-refractivity contribution < 1.29 is 22.6 Å². The molecule has 0 heterocycles. The summed E-state index contributed by atoms with van der Waals surface area (Å²) in [7, 11) is 0. The fourth-order valence-corrected chi connectivity index (χ4v) is 2.23. The predicted molar refractivity (Wildman–Crippen MR) is 93.3 cm³/mol. The monoisotopic (exact) mass is 360 g/mol. The second-order valence-corrected chi connectivity index (χ2v) is 5.50. The van der Waals surface area contributed by atoms with E-state index >= 15 is 0 Å². The van der Waals surface area contributed by atoms with Crippen LogP contribution < -0.4 is 20.9 Å². The van der Waals surface area contributed by atoms with Crippen LogP contribution in [0.1, 0.15) is 5.56 Å². The molecule has 0 amide bonds. The highest BCUT2D eigenvalue weighted by atomic mass is 19.4. The summed E-state index contributed by atoms with van der Waals surface area (Å²) in [5.41, 5.74) is 10.7. The van der Waals surface area contributed by atoms with Gasteiger partial charge in [0.25, 0.3) is 0 Å². The fraction of sp³-hybridized carbons (Fsp3) is 0.0526. The van der Waals surface area contributed by atoms with Gasteiger partial charge in [0, 0.05) is 11.4 Å². The van der Waals surface area contributed by atoms with Gasteiger partial charge in [0.05, 0.1) is 0 Å². The van der Waals surface area contributed by atoms with Gasteiger partial charge < -0.3 is 20.9 Å². The number of alkyl halides is 3. The number of hydrogen-bond acceptors (Lipinski definition) is 4. The average Bonchev–Trinajstić information content (AvgIpc) is 2.59. The quantitative estimate of drug-likeness (QED) is 0.607. The van der Waals surface area contributed by atoms with Gasteiger partial charge >= 0.3 is 6.18 Å².